The second kappa shape index (κ2) is 4.85. The first-order valence-electron chi connectivity index (χ1n) is 5.88. The minimum atomic E-state index is -0.322. The molecule has 5 heteroatoms. The fourth-order valence-electron chi connectivity index (χ4n) is 2.12. The van der Waals surface area contributed by atoms with Crippen molar-refractivity contribution in [2.45, 2.75) is 13.0 Å². The highest BCUT2D eigenvalue weighted by Crippen LogP contribution is 2.32. The van der Waals surface area contributed by atoms with Crippen LogP contribution in [0.25, 0.3) is 11.0 Å². The van der Waals surface area contributed by atoms with Crippen LogP contribution in [0.3, 0.4) is 0 Å². The van der Waals surface area contributed by atoms with Crippen LogP contribution in [0, 0.1) is 6.92 Å². The van der Waals surface area contributed by atoms with E-state index < -0.39 is 0 Å². The van der Waals surface area contributed by atoms with Crippen molar-refractivity contribution in [1.29, 1.82) is 0 Å². The van der Waals surface area contributed by atoms with Gasteiger partial charge in [-0.1, -0.05) is 11.6 Å². The highest BCUT2D eigenvalue weighted by Gasteiger charge is 2.22. The second-order valence-electron chi connectivity index (χ2n) is 4.42. The molecule has 2 aromatic heterocycles. The Morgan fingerprint density at radius 2 is 2.11 bits per heavy atom. The molecule has 0 saturated carbocycles. The Balaban J connectivity index is 2.09. The highest BCUT2D eigenvalue weighted by atomic mass is 79.9. The zero-order valence-corrected chi connectivity index (χ0v) is 11.9. The Kier molecular flexibility index (Phi) is 3.18. The summed E-state index contributed by atoms with van der Waals surface area (Å²) in [6, 6.07) is 9.53. The highest BCUT2D eigenvalue weighted by molar-refractivity contribution is 9.10. The van der Waals surface area contributed by atoms with E-state index in [1.165, 1.54) is 5.56 Å². The van der Waals surface area contributed by atoms with Gasteiger partial charge in [0.15, 0.2) is 0 Å². The van der Waals surface area contributed by atoms with Crippen LogP contribution in [0.1, 0.15) is 23.1 Å². The molecule has 19 heavy (non-hydrogen) atoms. The van der Waals surface area contributed by atoms with Crippen molar-refractivity contribution in [3.05, 3.63) is 58.2 Å². The van der Waals surface area contributed by atoms with Gasteiger partial charge in [-0.2, -0.15) is 0 Å². The van der Waals surface area contributed by atoms with Crippen LogP contribution in [0.2, 0.25) is 0 Å². The van der Waals surface area contributed by atoms with Gasteiger partial charge >= 0.3 is 0 Å². The summed E-state index contributed by atoms with van der Waals surface area (Å²) in [5.74, 6) is 7.04. The third-order valence-corrected chi connectivity index (χ3v) is 3.70. The molecule has 0 aliphatic heterocycles. The maximum absolute atomic E-state index is 5.83. The summed E-state index contributed by atoms with van der Waals surface area (Å²) in [6.07, 6.45) is 1.61. The smallest absolute Gasteiger partial charge is 0.143 e. The summed E-state index contributed by atoms with van der Waals surface area (Å²) in [5.41, 5.74) is 4.75. The molecule has 3 rings (SSSR count). The number of hydrogen-bond donors (Lipinski definition) is 2. The molecule has 1 unspecified atom stereocenters. The number of furan rings is 2. The summed E-state index contributed by atoms with van der Waals surface area (Å²) in [4.78, 5) is 0. The van der Waals surface area contributed by atoms with Gasteiger partial charge in [0.1, 0.15) is 23.1 Å². The van der Waals surface area contributed by atoms with E-state index in [-0.39, 0.29) is 6.04 Å². The minimum absolute atomic E-state index is 0.322. The van der Waals surface area contributed by atoms with Crippen LogP contribution >= 0.6 is 15.9 Å². The number of nitrogens with one attached hydrogen (secondary N) is 1. The molecule has 0 fully saturated rings. The lowest BCUT2D eigenvalue weighted by molar-refractivity contribution is 0.401. The van der Waals surface area contributed by atoms with Crippen LogP contribution in [-0.4, -0.2) is 0 Å². The number of nitrogens with two attached hydrogens (primary N) is 1. The summed E-state index contributed by atoms with van der Waals surface area (Å²) < 4.78 is 12.1. The van der Waals surface area contributed by atoms with Crippen LogP contribution in [-0.2, 0) is 0 Å². The Hall–Kier alpha value is -1.56. The summed E-state index contributed by atoms with van der Waals surface area (Å²) in [6.45, 7) is 2.05. The Labute approximate surface area is 118 Å². The summed E-state index contributed by atoms with van der Waals surface area (Å²) >= 11 is 3.43. The van der Waals surface area contributed by atoms with Crippen LogP contribution < -0.4 is 11.3 Å². The van der Waals surface area contributed by atoms with E-state index in [1.54, 1.807) is 6.26 Å². The number of fused-ring (bicyclic) bond motifs is 1. The average Bonchev–Trinajstić information content (AvgIpc) is 2.97. The SMILES string of the molecule is Cc1ccc2oc(C(NN)c3occc3Br)cc2c1. The number of rotatable bonds is 3. The Morgan fingerprint density at radius 3 is 2.79 bits per heavy atom. The van der Waals surface area contributed by atoms with E-state index in [4.69, 9.17) is 14.7 Å². The topological polar surface area (TPSA) is 64.3 Å². The molecule has 1 aromatic carbocycles. The first kappa shape index (κ1) is 12.5. The third-order valence-electron chi connectivity index (χ3n) is 3.05. The molecule has 4 nitrogen and oxygen atoms in total. The molecule has 98 valence electrons. The number of benzene rings is 1. The average molecular weight is 321 g/mol. The lowest BCUT2D eigenvalue weighted by atomic mass is 10.1. The maximum Gasteiger partial charge on any atom is 0.143 e. The predicted octanol–water partition coefficient (Wildman–Crippen LogP) is 3.65. The third kappa shape index (κ3) is 2.20. The molecule has 0 aliphatic carbocycles. The first-order chi connectivity index (χ1) is 9.19. The van der Waals surface area contributed by atoms with Crippen molar-refractivity contribution in [1.82, 2.24) is 5.43 Å². The minimum Gasteiger partial charge on any atom is -0.466 e. The lowest BCUT2D eigenvalue weighted by Gasteiger charge is -2.10. The van der Waals surface area contributed by atoms with E-state index in [2.05, 4.69) is 27.4 Å². The summed E-state index contributed by atoms with van der Waals surface area (Å²) in [5, 5.41) is 1.05. The van der Waals surface area contributed by atoms with Gasteiger partial charge in [-0.15, -0.1) is 0 Å². The molecule has 3 N–H and O–H groups in total. The molecule has 1 atom stereocenters. The standard InChI is InChI=1S/C14H13BrN2O2/c1-8-2-3-11-9(6-8)7-12(19-11)13(17-16)14-10(15)4-5-18-14/h2-7,13,17H,16H2,1H3. The van der Waals surface area contributed by atoms with Crippen LogP contribution in [0.15, 0.2) is 49.9 Å². The van der Waals surface area contributed by atoms with Gasteiger partial charge < -0.3 is 8.83 Å². The normalized spacial score (nSPS) is 13.0. The van der Waals surface area contributed by atoms with Crippen LogP contribution in [0.5, 0.6) is 0 Å². The van der Waals surface area contributed by atoms with Crippen molar-refractivity contribution in [3.8, 4) is 0 Å². The van der Waals surface area contributed by atoms with Gasteiger partial charge in [0.2, 0.25) is 0 Å². The Bertz CT molecular complexity index is 717. The van der Waals surface area contributed by atoms with Gasteiger partial charge in [-0.05, 0) is 47.1 Å². The Morgan fingerprint density at radius 1 is 1.26 bits per heavy atom. The number of aryl methyl sites for hydroxylation is 1. The van der Waals surface area contributed by atoms with E-state index in [1.807, 2.05) is 31.2 Å². The van der Waals surface area contributed by atoms with Crippen molar-refractivity contribution in [2.75, 3.05) is 0 Å². The quantitative estimate of drug-likeness (QED) is 0.571. The molecule has 0 spiro atoms. The van der Waals surface area contributed by atoms with E-state index in [0.29, 0.717) is 5.76 Å². The maximum atomic E-state index is 5.83. The van der Waals surface area contributed by atoms with Crippen molar-refractivity contribution >= 4 is 26.9 Å². The van der Waals surface area contributed by atoms with E-state index in [0.717, 1.165) is 21.2 Å². The fourth-order valence-corrected chi connectivity index (χ4v) is 2.55. The number of halogens is 1. The molecular weight excluding hydrogens is 308 g/mol. The fraction of sp³-hybridized carbons (Fsp3) is 0.143. The van der Waals surface area contributed by atoms with E-state index >= 15 is 0 Å². The van der Waals surface area contributed by atoms with Crippen molar-refractivity contribution in [3.63, 3.8) is 0 Å². The van der Waals surface area contributed by atoms with Crippen molar-refractivity contribution in [2.24, 2.45) is 5.84 Å². The predicted molar refractivity (Wildman–Crippen MR) is 76.5 cm³/mol. The van der Waals surface area contributed by atoms with E-state index in [9.17, 15) is 0 Å². The molecule has 2 heterocycles. The molecule has 3 aromatic rings. The zero-order chi connectivity index (χ0) is 13.4. The molecule has 0 saturated heterocycles. The molecule has 0 bridgehead atoms. The molecule has 0 amide bonds. The van der Waals surface area contributed by atoms with Crippen molar-refractivity contribution < 1.29 is 8.83 Å². The van der Waals surface area contributed by atoms with Gasteiger partial charge in [0.05, 0.1) is 10.7 Å². The first-order valence-corrected chi connectivity index (χ1v) is 6.67. The largest absolute Gasteiger partial charge is 0.466 e. The number of hydrogen-bond acceptors (Lipinski definition) is 4. The molecule has 0 radical (unpaired) electrons. The number of hydrazine groups is 1. The molecular formula is C14H13BrN2O2. The van der Waals surface area contributed by atoms with Gasteiger partial charge in [0, 0.05) is 5.39 Å². The molecule has 0 aliphatic rings. The second-order valence-corrected chi connectivity index (χ2v) is 5.28. The monoisotopic (exact) mass is 320 g/mol. The van der Waals surface area contributed by atoms with Gasteiger partial charge in [0.25, 0.3) is 0 Å². The summed E-state index contributed by atoms with van der Waals surface area (Å²) in [7, 11) is 0. The van der Waals surface area contributed by atoms with Gasteiger partial charge in [-0.3, -0.25) is 5.84 Å². The lowest BCUT2D eigenvalue weighted by Crippen LogP contribution is -2.28. The van der Waals surface area contributed by atoms with Crippen LogP contribution in [0.4, 0.5) is 0 Å². The van der Waals surface area contributed by atoms with Gasteiger partial charge in [-0.25, -0.2) is 5.43 Å². The zero-order valence-electron chi connectivity index (χ0n) is 10.3.